The van der Waals surface area contributed by atoms with Gasteiger partial charge >= 0.3 is 6.09 Å². The third-order valence-corrected chi connectivity index (χ3v) is 9.70. The zero-order valence-corrected chi connectivity index (χ0v) is 29.5. The summed E-state index contributed by atoms with van der Waals surface area (Å²) in [7, 11) is 1.79. The first-order valence-electron chi connectivity index (χ1n) is 17.1. The molecule has 3 N–H and O–H groups in total. The molecule has 0 radical (unpaired) electrons. The van der Waals surface area contributed by atoms with Crippen molar-refractivity contribution >= 4 is 34.6 Å². The predicted octanol–water partition coefficient (Wildman–Crippen LogP) is 6.66. The lowest BCUT2D eigenvalue weighted by Crippen LogP contribution is -2.67. The van der Waals surface area contributed by atoms with Crippen LogP contribution in [0.25, 0.3) is 10.8 Å². The molecule has 3 aromatic carbocycles. The Morgan fingerprint density at radius 3 is 2.15 bits per heavy atom. The molecule has 0 spiro atoms. The molecular formula is C39H52N4O5. The third-order valence-electron chi connectivity index (χ3n) is 9.70. The van der Waals surface area contributed by atoms with Gasteiger partial charge in [-0.25, -0.2) is 4.79 Å². The van der Waals surface area contributed by atoms with Crippen LogP contribution in [0.2, 0.25) is 0 Å². The minimum atomic E-state index is -1.39. The van der Waals surface area contributed by atoms with Gasteiger partial charge in [0.25, 0.3) is 0 Å². The van der Waals surface area contributed by atoms with Crippen molar-refractivity contribution in [3.05, 3.63) is 83.9 Å². The Balaban J connectivity index is 1.49. The van der Waals surface area contributed by atoms with Crippen LogP contribution in [-0.2, 0) is 25.7 Å². The van der Waals surface area contributed by atoms with E-state index in [1.54, 1.807) is 25.8 Å². The molecule has 0 saturated heterocycles. The number of benzene rings is 3. The van der Waals surface area contributed by atoms with Crippen LogP contribution >= 0.6 is 0 Å². The maximum absolute atomic E-state index is 14.5. The maximum atomic E-state index is 14.5. The summed E-state index contributed by atoms with van der Waals surface area (Å²) < 4.78 is 5.36. The van der Waals surface area contributed by atoms with Crippen molar-refractivity contribution < 1.29 is 23.9 Å². The Kier molecular flexibility index (Phi) is 11.9. The average molecular weight is 657 g/mol. The first kappa shape index (κ1) is 36.4. The molecule has 0 bridgehead atoms. The van der Waals surface area contributed by atoms with Crippen molar-refractivity contribution in [2.45, 2.75) is 103 Å². The molecule has 9 nitrogen and oxygen atoms in total. The van der Waals surface area contributed by atoms with E-state index in [9.17, 15) is 19.2 Å². The lowest BCUT2D eigenvalue weighted by Gasteiger charge is -2.42. The van der Waals surface area contributed by atoms with Crippen LogP contribution in [0.15, 0.2) is 72.8 Å². The lowest BCUT2D eigenvalue weighted by molar-refractivity contribution is -0.146. The number of amides is 4. The van der Waals surface area contributed by atoms with Gasteiger partial charge in [0, 0.05) is 7.05 Å². The molecule has 0 aliphatic heterocycles. The molecule has 48 heavy (non-hydrogen) atoms. The van der Waals surface area contributed by atoms with E-state index in [1.165, 1.54) is 0 Å². The molecule has 9 heteroatoms. The molecule has 258 valence electrons. The van der Waals surface area contributed by atoms with Crippen LogP contribution in [0.5, 0.6) is 0 Å². The van der Waals surface area contributed by atoms with Crippen molar-refractivity contribution in [2.75, 3.05) is 7.05 Å². The Labute approximate surface area is 285 Å². The summed E-state index contributed by atoms with van der Waals surface area (Å²) in [5.41, 5.74) is -0.725. The molecule has 3 atom stereocenters. The topological polar surface area (TPSA) is 117 Å². The fourth-order valence-corrected chi connectivity index (χ4v) is 6.65. The van der Waals surface area contributed by atoms with Gasteiger partial charge in [0.1, 0.15) is 23.7 Å². The highest BCUT2D eigenvalue weighted by Gasteiger charge is 2.48. The lowest BCUT2D eigenvalue weighted by atomic mass is 9.81. The molecule has 3 aromatic rings. The normalized spacial score (nSPS) is 16.1. The van der Waals surface area contributed by atoms with Gasteiger partial charge in [0.2, 0.25) is 17.7 Å². The molecule has 0 heterocycles. The fraction of sp³-hybridized carbons (Fsp3) is 0.487. The van der Waals surface area contributed by atoms with E-state index in [2.05, 4.69) is 34.1 Å². The summed E-state index contributed by atoms with van der Waals surface area (Å²) in [4.78, 5) is 56.5. The van der Waals surface area contributed by atoms with Crippen molar-refractivity contribution in [3.63, 3.8) is 0 Å². The number of likely N-dealkylation sites (N-methyl/N-ethyl adjacent to an activating group) is 1. The first-order chi connectivity index (χ1) is 22.7. The highest BCUT2D eigenvalue weighted by Crippen LogP contribution is 2.37. The van der Waals surface area contributed by atoms with Crippen LogP contribution in [0, 0.1) is 11.8 Å². The Hall–Kier alpha value is -4.40. The molecular weight excluding hydrogens is 604 g/mol. The fourth-order valence-electron chi connectivity index (χ4n) is 6.65. The summed E-state index contributed by atoms with van der Waals surface area (Å²) in [6.07, 6.45) is 3.22. The van der Waals surface area contributed by atoms with E-state index in [-0.39, 0.29) is 30.4 Å². The third kappa shape index (κ3) is 8.74. The number of hydrogen-bond donors (Lipinski definition) is 3. The van der Waals surface area contributed by atoms with E-state index in [4.69, 9.17) is 4.74 Å². The molecule has 1 saturated carbocycles. The van der Waals surface area contributed by atoms with Crippen molar-refractivity contribution in [1.82, 2.24) is 20.9 Å². The van der Waals surface area contributed by atoms with Crippen molar-refractivity contribution in [3.8, 4) is 0 Å². The first-order valence-corrected chi connectivity index (χ1v) is 17.1. The minimum Gasteiger partial charge on any atom is -0.445 e. The molecule has 1 fully saturated rings. The zero-order valence-electron chi connectivity index (χ0n) is 29.5. The van der Waals surface area contributed by atoms with E-state index >= 15 is 0 Å². The highest BCUT2D eigenvalue weighted by atomic mass is 16.5. The van der Waals surface area contributed by atoms with Crippen molar-refractivity contribution in [2.24, 2.45) is 11.8 Å². The number of carbonyl (C=O) groups is 4. The number of fused-ring (bicyclic) bond motifs is 1. The Bertz CT molecular complexity index is 1580. The van der Waals surface area contributed by atoms with Crippen LogP contribution in [0.1, 0.15) is 90.8 Å². The monoisotopic (exact) mass is 656 g/mol. The van der Waals surface area contributed by atoms with Gasteiger partial charge in [-0.1, -0.05) is 99.5 Å². The minimum absolute atomic E-state index is 0.0580. The largest absolute Gasteiger partial charge is 0.445 e. The number of hydrogen-bond acceptors (Lipinski definition) is 5. The van der Waals surface area contributed by atoms with E-state index in [1.807, 2.05) is 82.3 Å². The number of rotatable bonds is 13. The molecule has 4 rings (SSSR count). The second kappa shape index (κ2) is 15.7. The molecule has 0 unspecified atom stereocenters. The van der Waals surface area contributed by atoms with Gasteiger partial charge in [-0.2, -0.15) is 0 Å². The van der Waals surface area contributed by atoms with Gasteiger partial charge in [0.05, 0.1) is 6.04 Å². The number of alkyl carbamates (subject to hydrolysis) is 1. The molecule has 1 aliphatic carbocycles. The summed E-state index contributed by atoms with van der Waals surface area (Å²) >= 11 is 0. The zero-order chi connectivity index (χ0) is 35.1. The SMILES string of the molecule is CC(C)C[C@H](NC(=O)OCc1ccccc1)C(=O)NC(C)(C)C(=O)N[C@@](C)(C(=O)N(C)[C@H](C)c1cccc2ccccc12)C1CCCC1. The van der Waals surface area contributed by atoms with E-state index < -0.39 is 35.0 Å². The van der Waals surface area contributed by atoms with Crippen LogP contribution in [0.4, 0.5) is 4.79 Å². The average Bonchev–Trinajstić information content (AvgIpc) is 3.62. The molecule has 0 aromatic heterocycles. The van der Waals surface area contributed by atoms with Crippen LogP contribution < -0.4 is 16.0 Å². The Morgan fingerprint density at radius 2 is 1.48 bits per heavy atom. The van der Waals surface area contributed by atoms with Crippen LogP contribution in [0.3, 0.4) is 0 Å². The Morgan fingerprint density at radius 1 is 0.854 bits per heavy atom. The molecule has 4 amide bonds. The second-order valence-electron chi connectivity index (χ2n) is 14.3. The number of nitrogens with zero attached hydrogens (tertiary/aromatic N) is 1. The standard InChI is InChI=1S/C39H52N4O5/c1-26(2)24-33(40-37(47)48-25-28-16-9-8-10-17-28)34(44)41-38(4,5)35(45)42-39(6,30-20-12-13-21-30)36(46)43(7)27(3)31-23-15-19-29-18-11-14-22-32(29)31/h8-11,14-19,22-23,26-27,30,33H,12-13,20-21,24-25H2,1-7H3,(H,40,47)(H,41,44)(H,42,45)/t27-,33+,39-/m1/s1. The molecule has 1 aliphatic rings. The number of ether oxygens (including phenoxy) is 1. The van der Waals surface area contributed by atoms with Crippen molar-refractivity contribution in [1.29, 1.82) is 0 Å². The van der Waals surface area contributed by atoms with E-state index in [0.717, 1.165) is 47.6 Å². The second-order valence-corrected chi connectivity index (χ2v) is 14.3. The predicted molar refractivity (Wildman–Crippen MR) is 189 cm³/mol. The highest BCUT2D eigenvalue weighted by molar-refractivity contribution is 5.98. The summed E-state index contributed by atoms with van der Waals surface area (Å²) in [6.45, 7) is 11.0. The number of carbonyl (C=O) groups excluding carboxylic acids is 4. The summed E-state index contributed by atoms with van der Waals surface area (Å²) in [5, 5.41) is 10.8. The summed E-state index contributed by atoms with van der Waals surface area (Å²) in [5.74, 6) is -1.13. The maximum Gasteiger partial charge on any atom is 0.408 e. The van der Waals surface area contributed by atoms with Gasteiger partial charge in [-0.05, 0) is 80.7 Å². The van der Waals surface area contributed by atoms with Gasteiger partial charge < -0.3 is 25.6 Å². The van der Waals surface area contributed by atoms with Crippen LogP contribution in [-0.4, -0.2) is 52.9 Å². The van der Waals surface area contributed by atoms with Gasteiger partial charge in [-0.3, -0.25) is 14.4 Å². The smallest absolute Gasteiger partial charge is 0.408 e. The van der Waals surface area contributed by atoms with E-state index in [0.29, 0.717) is 6.42 Å². The quantitative estimate of drug-likeness (QED) is 0.190. The van der Waals surface area contributed by atoms with Gasteiger partial charge in [0.15, 0.2) is 0 Å². The van der Waals surface area contributed by atoms with Gasteiger partial charge in [-0.15, -0.1) is 0 Å². The summed E-state index contributed by atoms with van der Waals surface area (Å²) in [6, 6.07) is 22.3. The number of nitrogens with one attached hydrogen (secondary N) is 3.